The second-order valence-electron chi connectivity index (χ2n) is 6.00. The number of rotatable bonds is 5. The van der Waals surface area contributed by atoms with Crippen molar-refractivity contribution in [2.75, 3.05) is 7.11 Å². The van der Waals surface area contributed by atoms with E-state index in [0.717, 1.165) is 5.56 Å². The fraction of sp³-hybridized carbons (Fsp3) is 0.200. The van der Waals surface area contributed by atoms with E-state index in [1.165, 1.54) is 20.1 Å². The Morgan fingerprint density at radius 3 is 2.59 bits per heavy atom. The van der Waals surface area contributed by atoms with Crippen LogP contribution < -0.4 is 9.47 Å². The first kappa shape index (κ1) is 18.3. The third-order valence-electron chi connectivity index (χ3n) is 4.17. The lowest BCUT2D eigenvalue weighted by Gasteiger charge is -2.11. The third kappa shape index (κ3) is 3.57. The van der Waals surface area contributed by atoms with E-state index in [1.54, 1.807) is 37.3 Å². The Labute approximate surface area is 155 Å². The van der Waals surface area contributed by atoms with Crippen molar-refractivity contribution >= 4 is 22.8 Å². The van der Waals surface area contributed by atoms with Crippen molar-refractivity contribution in [2.45, 2.75) is 20.5 Å². The van der Waals surface area contributed by atoms with Gasteiger partial charge in [-0.15, -0.1) is 0 Å². The molecule has 27 heavy (non-hydrogen) atoms. The monoisotopic (exact) mass is 366 g/mol. The molecule has 0 fully saturated rings. The van der Waals surface area contributed by atoms with Crippen LogP contribution in [0.4, 0.5) is 0 Å². The predicted molar refractivity (Wildman–Crippen MR) is 97.6 cm³/mol. The van der Waals surface area contributed by atoms with Gasteiger partial charge in [-0.25, -0.2) is 9.78 Å². The number of ether oxygens (including phenoxy) is 2. The number of aryl methyl sites for hydroxylation is 1. The Balaban J connectivity index is 1.98. The van der Waals surface area contributed by atoms with Crippen LogP contribution in [-0.2, 0) is 11.3 Å². The van der Waals surface area contributed by atoms with E-state index in [2.05, 4.69) is 4.98 Å². The number of hydrogen-bond acceptors (Lipinski definition) is 6. The molecule has 0 atom stereocenters. The van der Waals surface area contributed by atoms with Crippen LogP contribution in [-0.4, -0.2) is 23.8 Å². The minimum atomic E-state index is -0.545. The molecule has 3 aromatic rings. The Morgan fingerprint density at radius 1 is 1.19 bits per heavy atom. The largest absolute Gasteiger partial charge is 0.618 e. The molecule has 0 unspecified atom stereocenters. The van der Waals surface area contributed by atoms with Crippen molar-refractivity contribution in [3.63, 3.8) is 0 Å². The molecule has 0 radical (unpaired) electrons. The first-order chi connectivity index (χ1) is 12.9. The lowest BCUT2D eigenvalue weighted by molar-refractivity contribution is -0.580. The molecule has 0 amide bonds. The molecule has 0 saturated carbocycles. The first-order valence-electron chi connectivity index (χ1n) is 8.26. The Bertz CT molecular complexity index is 1050. The summed E-state index contributed by atoms with van der Waals surface area (Å²) in [5, 5.41) is 12.7. The molecule has 0 aliphatic heterocycles. The van der Waals surface area contributed by atoms with Gasteiger partial charge in [0, 0.05) is 6.92 Å². The molecule has 7 heteroatoms. The topological polar surface area (TPSA) is 92.4 Å². The lowest BCUT2D eigenvalue weighted by Crippen LogP contribution is -2.37. The average Bonchev–Trinajstić information content (AvgIpc) is 2.66. The van der Waals surface area contributed by atoms with Crippen LogP contribution in [0.25, 0.3) is 11.0 Å². The number of Topliss-reactive ketones (excluding diaryl/α,β-unsaturated/α-hetero) is 1. The third-order valence-corrected chi connectivity index (χ3v) is 4.17. The van der Waals surface area contributed by atoms with Crippen LogP contribution in [0.2, 0.25) is 0 Å². The number of carbonyl (C=O) groups is 2. The van der Waals surface area contributed by atoms with Gasteiger partial charge in [0.25, 0.3) is 5.69 Å². The number of methoxy groups -OCH3 is 1. The summed E-state index contributed by atoms with van der Waals surface area (Å²) in [5.74, 6) is -0.539. The highest BCUT2D eigenvalue weighted by atomic mass is 16.5. The zero-order valence-electron chi connectivity index (χ0n) is 15.2. The Hall–Kier alpha value is -3.48. The van der Waals surface area contributed by atoms with Crippen molar-refractivity contribution in [3.8, 4) is 5.75 Å². The summed E-state index contributed by atoms with van der Waals surface area (Å²) in [6.45, 7) is 2.78. The van der Waals surface area contributed by atoms with Gasteiger partial charge in [-0.1, -0.05) is 18.2 Å². The van der Waals surface area contributed by atoms with Crippen LogP contribution in [0.5, 0.6) is 5.75 Å². The van der Waals surface area contributed by atoms with Crippen molar-refractivity contribution in [1.29, 1.82) is 0 Å². The maximum absolute atomic E-state index is 12.7. The summed E-state index contributed by atoms with van der Waals surface area (Å²) >= 11 is 0. The van der Waals surface area contributed by atoms with Gasteiger partial charge < -0.3 is 14.7 Å². The molecule has 1 heterocycles. The number of esters is 1. The summed E-state index contributed by atoms with van der Waals surface area (Å²) in [6, 6.07) is 11.8. The smallest absolute Gasteiger partial charge is 0.338 e. The number of aromatic nitrogens is 2. The molecule has 0 N–H and O–H groups in total. The Kier molecular flexibility index (Phi) is 5.03. The zero-order chi connectivity index (χ0) is 19.6. The fourth-order valence-electron chi connectivity index (χ4n) is 2.78. The van der Waals surface area contributed by atoms with Gasteiger partial charge in [0.1, 0.15) is 17.9 Å². The lowest BCUT2D eigenvalue weighted by atomic mass is 10.1. The number of fused-ring (bicyclic) bond motifs is 1. The summed E-state index contributed by atoms with van der Waals surface area (Å²) in [5.41, 5.74) is 1.71. The molecule has 138 valence electrons. The minimum Gasteiger partial charge on any atom is -0.618 e. The van der Waals surface area contributed by atoms with Crippen LogP contribution >= 0.6 is 0 Å². The van der Waals surface area contributed by atoms with Crippen LogP contribution in [0, 0.1) is 12.1 Å². The highest BCUT2D eigenvalue weighted by molar-refractivity contribution is 5.93. The Morgan fingerprint density at radius 2 is 1.93 bits per heavy atom. The van der Waals surface area contributed by atoms with Gasteiger partial charge in [0.15, 0.2) is 5.69 Å². The number of carbonyl (C=O) groups excluding carboxylic acids is 2. The molecule has 3 rings (SSSR count). The van der Waals surface area contributed by atoms with E-state index >= 15 is 0 Å². The molecule has 1 aromatic heterocycles. The second kappa shape index (κ2) is 7.41. The summed E-state index contributed by atoms with van der Waals surface area (Å²) in [4.78, 5) is 28.7. The van der Waals surface area contributed by atoms with Gasteiger partial charge in [0.05, 0.1) is 18.7 Å². The van der Waals surface area contributed by atoms with Crippen LogP contribution in [0.15, 0.2) is 42.5 Å². The van der Waals surface area contributed by atoms with E-state index in [0.29, 0.717) is 21.6 Å². The summed E-state index contributed by atoms with van der Waals surface area (Å²) < 4.78 is 10.9. The maximum atomic E-state index is 12.7. The summed E-state index contributed by atoms with van der Waals surface area (Å²) in [7, 11) is 1.48. The average molecular weight is 366 g/mol. The number of nitrogens with zero attached hydrogens (tertiary/aromatic N) is 2. The molecule has 0 bridgehead atoms. The van der Waals surface area contributed by atoms with Gasteiger partial charge in [0.2, 0.25) is 11.3 Å². The first-order valence-corrected chi connectivity index (χ1v) is 8.26. The van der Waals surface area contributed by atoms with Gasteiger partial charge in [-0.2, -0.15) is 4.73 Å². The second-order valence-corrected chi connectivity index (χ2v) is 6.00. The molecule has 7 nitrogen and oxygen atoms in total. The highest BCUT2D eigenvalue weighted by Gasteiger charge is 2.25. The van der Waals surface area contributed by atoms with E-state index in [1.807, 2.05) is 6.07 Å². The molecule has 2 aromatic carbocycles. The van der Waals surface area contributed by atoms with Crippen molar-refractivity contribution in [1.82, 2.24) is 4.98 Å². The van der Waals surface area contributed by atoms with Gasteiger partial charge in [-0.05, 0) is 30.7 Å². The van der Waals surface area contributed by atoms with Crippen LogP contribution in [0.1, 0.15) is 39.0 Å². The molecule has 0 saturated heterocycles. The summed E-state index contributed by atoms with van der Waals surface area (Å²) in [6.07, 6.45) is 0. The number of hydrogen-bond donors (Lipinski definition) is 0. The molecular formula is C20H18N2O5. The number of benzene rings is 2. The molecule has 0 spiro atoms. The van der Waals surface area contributed by atoms with Crippen molar-refractivity contribution < 1.29 is 23.8 Å². The van der Waals surface area contributed by atoms with Crippen molar-refractivity contribution in [2.24, 2.45) is 0 Å². The van der Waals surface area contributed by atoms with E-state index in [4.69, 9.17) is 9.47 Å². The predicted octanol–water partition coefficient (Wildman–Crippen LogP) is 2.74. The van der Waals surface area contributed by atoms with Gasteiger partial charge in [-0.3, -0.25) is 4.79 Å². The van der Waals surface area contributed by atoms with E-state index in [9.17, 15) is 14.8 Å². The number of ketones is 1. The van der Waals surface area contributed by atoms with E-state index in [-0.39, 0.29) is 23.5 Å². The highest BCUT2D eigenvalue weighted by Crippen LogP contribution is 2.19. The van der Waals surface area contributed by atoms with Gasteiger partial charge >= 0.3 is 5.97 Å². The fourth-order valence-corrected chi connectivity index (χ4v) is 2.78. The molecular weight excluding hydrogens is 348 g/mol. The molecule has 0 aliphatic carbocycles. The maximum Gasteiger partial charge on any atom is 0.338 e. The standard InChI is InChI=1S/C20H18N2O5/c1-12-6-4-5-7-15(12)20(24)27-11-17-19(13(2)23)22(25)18-10-14(26-3)8-9-16(18)21-17/h4-10H,11H2,1-3H3. The van der Waals surface area contributed by atoms with Crippen molar-refractivity contribution in [3.05, 3.63) is 70.2 Å². The molecule has 0 aliphatic rings. The van der Waals surface area contributed by atoms with Crippen LogP contribution in [0.3, 0.4) is 0 Å². The quantitative estimate of drug-likeness (QED) is 0.298. The minimum absolute atomic E-state index is 0.108. The normalized spacial score (nSPS) is 10.6. The van der Waals surface area contributed by atoms with E-state index < -0.39 is 11.8 Å². The SMILES string of the molecule is COc1ccc2nc(COC(=O)c3ccccc3C)c(C(C)=O)[n+]([O-])c2c1. The zero-order valence-corrected chi connectivity index (χ0v) is 15.2.